The van der Waals surface area contributed by atoms with E-state index in [1.807, 2.05) is 37.8 Å². The predicted octanol–water partition coefficient (Wildman–Crippen LogP) is 4.33. The molecule has 148 valence electrons. The summed E-state index contributed by atoms with van der Waals surface area (Å²) in [6.07, 6.45) is 3.23. The Morgan fingerprint density at radius 3 is 2.37 bits per heavy atom. The Morgan fingerprint density at radius 2 is 1.85 bits per heavy atom. The zero-order valence-corrected chi connectivity index (χ0v) is 17.6. The number of aliphatic carboxylic acids is 1. The Balaban J connectivity index is 1.82. The van der Waals surface area contributed by atoms with Gasteiger partial charge in [-0.2, -0.15) is 0 Å². The van der Waals surface area contributed by atoms with Crippen LogP contribution in [0.2, 0.25) is 0 Å². The molecule has 0 spiro atoms. The van der Waals surface area contributed by atoms with Gasteiger partial charge < -0.3 is 10.0 Å². The van der Waals surface area contributed by atoms with Crippen LogP contribution in [0.25, 0.3) is 0 Å². The SMILES string of the molecule is CCC1=C(C)CN(CCCc2ccc(CC(SC(C)C)C(=O)O)cc2)C1=O. The van der Waals surface area contributed by atoms with E-state index in [2.05, 4.69) is 19.1 Å². The second kappa shape index (κ2) is 9.98. The van der Waals surface area contributed by atoms with Crippen LogP contribution in [0.4, 0.5) is 0 Å². The summed E-state index contributed by atoms with van der Waals surface area (Å²) < 4.78 is 0. The summed E-state index contributed by atoms with van der Waals surface area (Å²) >= 11 is 1.50. The van der Waals surface area contributed by atoms with Gasteiger partial charge in [-0.3, -0.25) is 9.59 Å². The summed E-state index contributed by atoms with van der Waals surface area (Å²) in [5.41, 5.74) is 4.47. The van der Waals surface area contributed by atoms with Crippen molar-refractivity contribution in [2.24, 2.45) is 0 Å². The van der Waals surface area contributed by atoms with Crippen LogP contribution in [-0.4, -0.2) is 45.5 Å². The van der Waals surface area contributed by atoms with Crippen LogP contribution in [0.3, 0.4) is 0 Å². The zero-order chi connectivity index (χ0) is 20.0. The number of carbonyl (C=O) groups is 2. The molecule has 1 heterocycles. The van der Waals surface area contributed by atoms with Crippen LogP contribution >= 0.6 is 11.8 Å². The van der Waals surface area contributed by atoms with Crippen molar-refractivity contribution in [2.45, 2.75) is 63.9 Å². The molecule has 0 fully saturated rings. The third-order valence-corrected chi connectivity index (χ3v) is 6.13. The maximum absolute atomic E-state index is 12.3. The van der Waals surface area contributed by atoms with Crippen molar-refractivity contribution in [2.75, 3.05) is 13.1 Å². The molecule has 1 N–H and O–H groups in total. The molecule has 1 aliphatic heterocycles. The lowest BCUT2D eigenvalue weighted by molar-refractivity contribution is -0.136. The van der Waals surface area contributed by atoms with Crippen molar-refractivity contribution in [1.29, 1.82) is 0 Å². The largest absolute Gasteiger partial charge is 0.480 e. The van der Waals surface area contributed by atoms with Crippen molar-refractivity contribution in [3.63, 3.8) is 0 Å². The van der Waals surface area contributed by atoms with Crippen molar-refractivity contribution in [1.82, 2.24) is 4.90 Å². The number of hydrogen-bond acceptors (Lipinski definition) is 3. The number of carboxylic acids is 1. The van der Waals surface area contributed by atoms with E-state index < -0.39 is 11.2 Å². The van der Waals surface area contributed by atoms with E-state index in [-0.39, 0.29) is 5.91 Å². The van der Waals surface area contributed by atoms with Crippen molar-refractivity contribution >= 4 is 23.6 Å². The summed E-state index contributed by atoms with van der Waals surface area (Å²) in [4.78, 5) is 25.6. The minimum absolute atomic E-state index is 0.202. The number of thioether (sulfide) groups is 1. The number of nitrogens with zero attached hydrogens (tertiary/aromatic N) is 1. The van der Waals surface area contributed by atoms with Crippen LogP contribution in [0.5, 0.6) is 0 Å². The first-order valence-corrected chi connectivity index (χ1v) is 10.7. The first-order chi connectivity index (χ1) is 12.8. The molecule has 0 aliphatic carbocycles. The second-order valence-electron chi connectivity index (χ2n) is 7.48. The van der Waals surface area contributed by atoms with Gasteiger partial charge in [-0.25, -0.2) is 0 Å². The van der Waals surface area contributed by atoms with E-state index in [1.165, 1.54) is 22.9 Å². The minimum atomic E-state index is -0.747. The first-order valence-electron chi connectivity index (χ1n) is 9.75. The molecule has 5 heteroatoms. The van der Waals surface area contributed by atoms with Gasteiger partial charge in [0.15, 0.2) is 0 Å². The molecule has 1 aliphatic rings. The van der Waals surface area contributed by atoms with E-state index in [9.17, 15) is 14.7 Å². The molecule has 1 aromatic rings. The van der Waals surface area contributed by atoms with Gasteiger partial charge in [-0.15, -0.1) is 11.8 Å². The number of benzene rings is 1. The van der Waals surface area contributed by atoms with Gasteiger partial charge in [-0.1, -0.05) is 45.0 Å². The molecule has 0 bridgehead atoms. The molecule has 1 amide bonds. The number of hydrogen-bond donors (Lipinski definition) is 1. The van der Waals surface area contributed by atoms with E-state index in [0.717, 1.165) is 43.5 Å². The lowest BCUT2D eigenvalue weighted by Gasteiger charge is -2.17. The fourth-order valence-electron chi connectivity index (χ4n) is 3.51. The highest BCUT2D eigenvalue weighted by atomic mass is 32.2. The van der Waals surface area contributed by atoms with Gasteiger partial charge in [0.1, 0.15) is 5.25 Å². The van der Waals surface area contributed by atoms with Crippen LogP contribution < -0.4 is 0 Å². The molecule has 2 rings (SSSR count). The normalized spacial score (nSPS) is 15.7. The summed E-state index contributed by atoms with van der Waals surface area (Å²) in [5.74, 6) is -0.545. The molecular formula is C22H31NO3S. The first kappa shape index (κ1) is 21.5. The van der Waals surface area contributed by atoms with E-state index in [0.29, 0.717) is 11.7 Å². The Hall–Kier alpha value is -1.75. The maximum Gasteiger partial charge on any atom is 0.316 e. The highest BCUT2D eigenvalue weighted by Crippen LogP contribution is 2.23. The monoisotopic (exact) mass is 389 g/mol. The average molecular weight is 390 g/mol. The molecule has 1 aromatic carbocycles. The summed E-state index contributed by atoms with van der Waals surface area (Å²) in [6.45, 7) is 9.69. The molecule has 27 heavy (non-hydrogen) atoms. The van der Waals surface area contributed by atoms with Gasteiger partial charge in [0.05, 0.1) is 0 Å². The average Bonchev–Trinajstić information content (AvgIpc) is 2.88. The third-order valence-electron chi connectivity index (χ3n) is 4.89. The van der Waals surface area contributed by atoms with Gasteiger partial charge >= 0.3 is 5.97 Å². The second-order valence-corrected chi connectivity index (χ2v) is 9.26. The van der Waals surface area contributed by atoms with Gasteiger partial charge in [-0.05, 0) is 54.6 Å². The molecule has 0 radical (unpaired) electrons. The smallest absolute Gasteiger partial charge is 0.316 e. The topological polar surface area (TPSA) is 57.6 Å². The highest BCUT2D eigenvalue weighted by Gasteiger charge is 2.25. The lowest BCUT2D eigenvalue weighted by atomic mass is 10.0. The van der Waals surface area contributed by atoms with E-state index in [4.69, 9.17) is 0 Å². The Labute approximate surface area is 167 Å². The molecule has 1 unspecified atom stereocenters. The highest BCUT2D eigenvalue weighted by molar-refractivity contribution is 8.01. The molecule has 0 saturated carbocycles. The standard InChI is InChI=1S/C22H31NO3S/c1-5-19-16(4)14-23(21(19)24)12-6-7-17-8-10-18(11-9-17)13-20(22(25)26)27-15(2)3/h8-11,15,20H,5-7,12-14H2,1-4H3,(H,25,26). The molecule has 0 saturated heterocycles. The zero-order valence-electron chi connectivity index (χ0n) is 16.8. The molecular weight excluding hydrogens is 358 g/mol. The number of carboxylic acid groups (broad SMARTS) is 1. The molecule has 0 aromatic heterocycles. The van der Waals surface area contributed by atoms with Crippen LogP contribution in [0.1, 0.15) is 51.7 Å². The summed E-state index contributed by atoms with van der Waals surface area (Å²) in [5, 5.41) is 9.27. The number of rotatable bonds is 10. The number of amides is 1. The Bertz CT molecular complexity index is 694. The van der Waals surface area contributed by atoms with Crippen molar-refractivity contribution in [3.05, 3.63) is 46.5 Å². The van der Waals surface area contributed by atoms with Crippen molar-refractivity contribution in [3.8, 4) is 0 Å². The third kappa shape index (κ3) is 6.13. The van der Waals surface area contributed by atoms with Crippen LogP contribution in [-0.2, 0) is 22.4 Å². The predicted molar refractivity (Wildman–Crippen MR) is 112 cm³/mol. The molecule has 1 atom stereocenters. The maximum atomic E-state index is 12.3. The van der Waals surface area contributed by atoms with Gasteiger partial charge in [0, 0.05) is 18.7 Å². The quantitative estimate of drug-likeness (QED) is 0.647. The summed E-state index contributed by atoms with van der Waals surface area (Å²) in [7, 11) is 0. The number of carbonyl (C=O) groups excluding carboxylic acids is 1. The van der Waals surface area contributed by atoms with Crippen molar-refractivity contribution < 1.29 is 14.7 Å². The van der Waals surface area contributed by atoms with E-state index >= 15 is 0 Å². The minimum Gasteiger partial charge on any atom is -0.480 e. The lowest BCUT2D eigenvalue weighted by Crippen LogP contribution is -2.28. The fourth-order valence-corrected chi connectivity index (χ4v) is 4.57. The van der Waals surface area contributed by atoms with Gasteiger partial charge in [0.25, 0.3) is 0 Å². The van der Waals surface area contributed by atoms with Crippen LogP contribution in [0, 0.1) is 0 Å². The Kier molecular flexibility index (Phi) is 7.96. The van der Waals surface area contributed by atoms with Crippen LogP contribution in [0.15, 0.2) is 35.4 Å². The van der Waals surface area contributed by atoms with Gasteiger partial charge in [0.2, 0.25) is 5.91 Å². The summed E-state index contributed by atoms with van der Waals surface area (Å²) in [6, 6.07) is 8.24. The van der Waals surface area contributed by atoms with E-state index in [1.54, 1.807) is 0 Å². The molecule has 4 nitrogen and oxygen atoms in total. The number of aryl methyl sites for hydroxylation is 1. The fraction of sp³-hybridized carbons (Fsp3) is 0.545. The Morgan fingerprint density at radius 1 is 1.22 bits per heavy atom.